The number of aliphatic carboxylic acids is 1. The predicted molar refractivity (Wildman–Crippen MR) is 73.0 cm³/mol. The quantitative estimate of drug-likeness (QED) is 0.867. The van der Waals surface area contributed by atoms with Gasteiger partial charge in [-0.3, -0.25) is 10.1 Å². The number of aryl methyl sites for hydroxylation is 1. The molecular formula is C14H17N3O3. The monoisotopic (exact) mass is 275 g/mol. The van der Waals surface area contributed by atoms with Crippen molar-refractivity contribution in [2.45, 2.75) is 32.9 Å². The highest BCUT2D eigenvalue weighted by molar-refractivity contribution is 5.77. The summed E-state index contributed by atoms with van der Waals surface area (Å²) < 4.78 is 5.17. The third-order valence-corrected chi connectivity index (χ3v) is 2.99. The number of aromatic nitrogens is 2. The highest BCUT2D eigenvalue weighted by atomic mass is 16.5. The van der Waals surface area contributed by atoms with Gasteiger partial charge < -0.3 is 9.63 Å². The van der Waals surface area contributed by atoms with E-state index in [0.29, 0.717) is 11.7 Å². The minimum absolute atomic E-state index is 0.231. The molecule has 0 bridgehead atoms. The van der Waals surface area contributed by atoms with Crippen LogP contribution in [-0.4, -0.2) is 26.8 Å². The van der Waals surface area contributed by atoms with Gasteiger partial charge in [-0.15, -0.1) is 0 Å². The van der Waals surface area contributed by atoms with E-state index in [2.05, 4.69) is 15.5 Å². The van der Waals surface area contributed by atoms with Gasteiger partial charge in [-0.2, -0.15) is 4.98 Å². The molecule has 0 aliphatic heterocycles. The van der Waals surface area contributed by atoms with Gasteiger partial charge in [0.05, 0.1) is 6.54 Å². The summed E-state index contributed by atoms with van der Waals surface area (Å²) >= 11 is 0. The molecule has 0 atom stereocenters. The highest BCUT2D eigenvalue weighted by Gasteiger charge is 2.26. The molecule has 0 radical (unpaired) electrons. The van der Waals surface area contributed by atoms with Gasteiger partial charge >= 0.3 is 5.97 Å². The Hall–Kier alpha value is -2.21. The molecule has 0 unspecified atom stereocenters. The number of hydrogen-bond donors (Lipinski definition) is 2. The van der Waals surface area contributed by atoms with Gasteiger partial charge in [0.15, 0.2) is 5.82 Å². The molecular weight excluding hydrogens is 258 g/mol. The molecule has 0 fully saturated rings. The van der Waals surface area contributed by atoms with Gasteiger partial charge in [0.1, 0.15) is 5.54 Å². The number of hydrogen-bond acceptors (Lipinski definition) is 5. The maximum Gasteiger partial charge on any atom is 0.323 e. The minimum Gasteiger partial charge on any atom is -0.480 e. The Kier molecular flexibility index (Phi) is 3.85. The van der Waals surface area contributed by atoms with Crippen molar-refractivity contribution in [1.29, 1.82) is 0 Å². The zero-order valence-electron chi connectivity index (χ0n) is 11.7. The summed E-state index contributed by atoms with van der Waals surface area (Å²) in [6.45, 7) is 5.39. The second-order valence-electron chi connectivity index (χ2n) is 5.17. The Bertz CT molecular complexity index is 602. The molecule has 0 aliphatic carbocycles. The highest BCUT2D eigenvalue weighted by Crippen LogP contribution is 2.17. The van der Waals surface area contributed by atoms with Crippen LogP contribution in [0.4, 0.5) is 0 Å². The fourth-order valence-electron chi connectivity index (χ4n) is 1.51. The van der Waals surface area contributed by atoms with Crippen molar-refractivity contribution in [1.82, 2.24) is 15.5 Å². The first kappa shape index (κ1) is 14.2. The number of carboxylic acid groups (broad SMARTS) is 1. The molecule has 1 aromatic carbocycles. The second-order valence-corrected chi connectivity index (χ2v) is 5.17. The summed E-state index contributed by atoms with van der Waals surface area (Å²) in [6.07, 6.45) is 0. The third kappa shape index (κ3) is 3.21. The Labute approximate surface area is 116 Å². The minimum atomic E-state index is -1.04. The maximum atomic E-state index is 11.0. The van der Waals surface area contributed by atoms with Gasteiger partial charge in [0, 0.05) is 5.56 Å². The predicted octanol–water partition coefficient (Wildman–Crippen LogP) is 2.00. The van der Waals surface area contributed by atoms with Gasteiger partial charge in [-0.25, -0.2) is 0 Å². The molecule has 0 saturated carbocycles. The number of carboxylic acids is 1. The molecule has 6 nitrogen and oxygen atoms in total. The van der Waals surface area contributed by atoms with Gasteiger partial charge in [-0.1, -0.05) is 22.9 Å². The lowest BCUT2D eigenvalue weighted by Gasteiger charge is -2.19. The number of nitrogens with one attached hydrogen (secondary N) is 1. The molecule has 1 heterocycles. The average molecular weight is 275 g/mol. The largest absolute Gasteiger partial charge is 0.480 e. The van der Waals surface area contributed by atoms with Crippen molar-refractivity contribution >= 4 is 5.97 Å². The summed E-state index contributed by atoms with van der Waals surface area (Å²) in [7, 11) is 0. The summed E-state index contributed by atoms with van der Waals surface area (Å²) in [5.41, 5.74) is 0.954. The van der Waals surface area contributed by atoms with Crippen LogP contribution in [-0.2, 0) is 11.3 Å². The number of benzene rings is 1. The van der Waals surface area contributed by atoms with Crippen LogP contribution < -0.4 is 5.32 Å². The van der Waals surface area contributed by atoms with E-state index in [0.717, 1.165) is 11.1 Å². The first-order valence-corrected chi connectivity index (χ1v) is 6.26. The Morgan fingerprint density at radius 1 is 1.35 bits per heavy atom. The van der Waals surface area contributed by atoms with E-state index in [9.17, 15) is 4.79 Å². The van der Waals surface area contributed by atoms with Crippen molar-refractivity contribution in [2.75, 3.05) is 0 Å². The van der Waals surface area contributed by atoms with Gasteiger partial charge in [0.2, 0.25) is 0 Å². The summed E-state index contributed by atoms with van der Waals surface area (Å²) in [6, 6.07) is 7.73. The van der Waals surface area contributed by atoms with E-state index in [1.165, 1.54) is 0 Å². The molecule has 6 heteroatoms. The first-order valence-electron chi connectivity index (χ1n) is 6.26. The topological polar surface area (TPSA) is 88.2 Å². The SMILES string of the molecule is Cc1ccc(-c2nc(CNC(C)(C)C(=O)O)no2)cc1. The van der Waals surface area contributed by atoms with Gasteiger partial charge in [-0.05, 0) is 32.9 Å². The fraction of sp³-hybridized carbons (Fsp3) is 0.357. The van der Waals surface area contributed by atoms with Crippen molar-refractivity contribution in [2.24, 2.45) is 0 Å². The molecule has 0 spiro atoms. The lowest BCUT2D eigenvalue weighted by atomic mass is 10.1. The number of nitrogens with zero attached hydrogens (tertiary/aromatic N) is 2. The number of rotatable bonds is 5. The molecule has 20 heavy (non-hydrogen) atoms. The summed E-state index contributed by atoms with van der Waals surface area (Å²) in [4.78, 5) is 15.2. The Balaban J connectivity index is 2.06. The van der Waals surface area contributed by atoms with E-state index in [1.54, 1.807) is 13.8 Å². The third-order valence-electron chi connectivity index (χ3n) is 2.99. The number of carbonyl (C=O) groups is 1. The maximum absolute atomic E-state index is 11.0. The van der Waals surface area contributed by atoms with Crippen molar-refractivity contribution < 1.29 is 14.4 Å². The lowest BCUT2D eigenvalue weighted by Crippen LogP contribution is -2.46. The smallest absolute Gasteiger partial charge is 0.323 e. The molecule has 0 amide bonds. The Morgan fingerprint density at radius 2 is 2.00 bits per heavy atom. The van der Waals surface area contributed by atoms with Crippen LogP contribution in [0, 0.1) is 6.92 Å². The van der Waals surface area contributed by atoms with E-state index in [4.69, 9.17) is 9.63 Å². The van der Waals surface area contributed by atoms with Crippen LogP contribution >= 0.6 is 0 Å². The zero-order chi connectivity index (χ0) is 14.8. The van der Waals surface area contributed by atoms with E-state index in [1.807, 2.05) is 31.2 Å². The Morgan fingerprint density at radius 3 is 2.60 bits per heavy atom. The van der Waals surface area contributed by atoms with Gasteiger partial charge in [0.25, 0.3) is 5.89 Å². The molecule has 2 N–H and O–H groups in total. The molecule has 1 aromatic heterocycles. The van der Waals surface area contributed by atoms with Crippen LogP contribution in [0.3, 0.4) is 0 Å². The first-order chi connectivity index (χ1) is 9.38. The zero-order valence-corrected chi connectivity index (χ0v) is 11.7. The van der Waals surface area contributed by atoms with Crippen molar-refractivity contribution in [3.8, 4) is 11.5 Å². The van der Waals surface area contributed by atoms with Crippen LogP contribution in [0.15, 0.2) is 28.8 Å². The van der Waals surface area contributed by atoms with E-state index < -0.39 is 11.5 Å². The molecule has 106 valence electrons. The van der Waals surface area contributed by atoms with Crippen LogP contribution in [0.5, 0.6) is 0 Å². The van der Waals surface area contributed by atoms with Crippen molar-refractivity contribution in [3.63, 3.8) is 0 Å². The molecule has 0 aliphatic rings. The fourth-order valence-corrected chi connectivity index (χ4v) is 1.51. The molecule has 2 aromatic rings. The van der Waals surface area contributed by atoms with Crippen LogP contribution in [0.1, 0.15) is 25.2 Å². The van der Waals surface area contributed by atoms with Crippen molar-refractivity contribution in [3.05, 3.63) is 35.7 Å². The van der Waals surface area contributed by atoms with E-state index in [-0.39, 0.29) is 6.54 Å². The van der Waals surface area contributed by atoms with E-state index >= 15 is 0 Å². The average Bonchev–Trinajstić information content (AvgIpc) is 2.86. The van der Waals surface area contributed by atoms with Crippen LogP contribution in [0.25, 0.3) is 11.5 Å². The summed E-state index contributed by atoms with van der Waals surface area (Å²) in [5, 5.41) is 15.7. The lowest BCUT2D eigenvalue weighted by molar-refractivity contribution is -0.143. The van der Waals surface area contributed by atoms with Crippen LogP contribution in [0.2, 0.25) is 0 Å². The summed E-state index contributed by atoms with van der Waals surface area (Å²) in [5.74, 6) is -0.0791. The molecule has 0 saturated heterocycles. The second kappa shape index (κ2) is 5.42. The molecule has 2 rings (SSSR count). The standard InChI is InChI=1S/C14H17N3O3/c1-9-4-6-10(7-5-9)12-16-11(17-20-12)8-15-14(2,3)13(18)19/h4-7,15H,8H2,1-3H3,(H,18,19). The normalized spacial score (nSPS) is 11.6.